The van der Waals surface area contributed by atoms with Crippen LogP contribution in [0.4, 0.5) is 16.2 Å². The largest absolute Gasteiger partial charge is 0.372 e. The highest BCUT2D eigenvalue weighted by atomic mass is 16.6. The first-order chi connectivity index (χ1) is 12.7. The summed E-state index contributed by atoms with van der Waals surface area (Å²) < 4.78 is 5.89. The van der Waals surface area contributed by atoms with Crippen molar-refractivity contribution >= 4 is 29.2 Å². The Morgan fingerprint density at radius 2 is 1.89 bits per heavy atom. The van der Waals surface area contributed by atoms with Gasteiger partial charge in [0.2, 0.25) is 11.8 Å². The number of imide groups is 2. The van der Waals surface area contributed by atoms with Gasteiger partial charge in [0.05, 0.1) is 23.2 Å². The molecule has 27 heavy (non-hydrogen) atoms. The van der Waals surface area contributed by atoms with Gasteiger partial charge in [0.15, 0.2) is 5.41 Å². The molecule has 2 unspecified atom stereocenters. The number of carbonyl (C=O) groups is 3. The molecule has 1 aromatic carbocycles. The lowest BCUT2D eigenvalue weighted by molar-refractivity contribution is -0.384. The minimum Gasteiger partial charge on any atom is -0.372 e. The van der Waals surface area contributed by atoms with E-state index in [2.05, 4.69) is 10.6 Å². The Morgan fingerprint density at radius 3 is 2.52 bits per heavy atom. The third-order valence-electron chi connectivity index (χ3n) is 5.50. The van der Waals surface area contributed by atoms with Crippen LogP contribution in [-0.2, 0) is 20.7 Å². The zero-order valence-electron chi connectivity index (χ0n) is 14.7. The van der Waals surface area contributed by atoms with E-state index in [4.69, 9.17) is 4.74 Å². The van der Waals surface area contributed by atoms with Crippen LogP contribution in [0.25, 0.3) is 0 Å². The van der Waals surface area contributed by atoms with Gasteiger partial charge < -0.3 is 9.64 Å². The summed E-state index contributed by atoms with van der Waals surface area (Å²) in [6.07, 6.45) is -0.689. The van der Waals surface area contributed by atoms with Gasteiger partial charge in [-0.15, -0.1) is 0 Å². The maximum Gasteiger partial charge on any atom is 0.328 e. The fourth-order valence-electron chi connectivity index (χ4n) is 4.55. The maximum atomic E-state index is 12.9. The molecule has 3 heterocycles. The molecule has 1 aromatic rings. The van der Waals surface area contributed by atoms with Crippen LogP contribution >= 0.6 is 0 Å². The Kier molecular flexibility index (Phi) is 3.70. The highest BCUT2D eigenvalue weighted by molar-refractivity contribution is 6.20. The average molecular weight is 374 g/mol. The van der Waals surface area contributed by atoms with Crippen molar-refractivity contribution in [3.63, 3.8) is 0 Å². The minimum absolute atomic E-state index is 0.0573. The molecule has 3 aliphatic rings. The standard InChI is InChI=1S/C17H18N4O6/c1-8-7-20-12-4-3-11(21(25)26)5-10(12)6-17(13(20)9(2)27-8)14(22)18-16(24)19-15(17)23/h3-5,8-9,13H,6-7H2,1-2H3,(H2,18,19,22,23,24)/t8?,9?,13-/m1/s1. The zero-order chi connectivity index (χ0) is 19.5. The number of non-ortho nitro benzene ring substituents is 1. The van der Waals surface area contributed by atoms with Gasteiger partial charge in [0.1, 0.15) is 0 Å². The van der Waals surface area contributed by atoms with Crippen LogP contribution in [0.5, 0.6) is 0 Å². The first-order valence-electron chi connectivity index (χ1n) is 8.60. The van der Waals surface area contributed by atoms with Crippen molar-refractivity contribution < 1.29 is 24.0 Å². The van der Waals surface area contributed by atoms with Crippen LogP contribution < -0.4 is 15.5 Å². The van der Waals surface area contributed by atoms with Gasteiger partial charge in [0.25, 0.3) is 5.69 Å². The summed E-state index contributed by atoms with van der Waals surface area (Å²) in [6, 6.07) is 2.92. The number of nitrogens with zero attached hydrogens (tertiary/aromatic N) is 2. The first-order valence-corrected chi connectivity index (χ1v) is 8.60. The molecule has 1 spiro atoms. The third-order valence-corrected chi connectivity index (χ3v) is 5.50. The van der Waals surface area contributed by atoms with Crippen molar-refractivity contribution in [2.45, 2.75) is 38.5 Å². The summed E-state index contributed by atoms with van der Waals surface area (Å²) in [5.41, 5.74) is -0.489. The number of amides is 4. The van der Waals surface area contributed by atoms with Gasteiger partial charge in [-0.3, -0.25) is 30.3 Å². The summed E-state index contributed by atoms with van der Waals surface area (Å²) in [6.45, 7) is 4.07. The van der Waals surface area contributed by atoms with Crippen molar-refractivity contribution in [1.29, 1.82) is 0 Å². The average Bonchev–Trinajstić information content (AvgIpc) is 2.58. The Labute approximate surface area is 154 Å². The van der Waals surface area contributed by atoms with E-state index in [1.54, 1.807) is 13.0 Å². The predicted octanol–water partition coefficient (Wildman–Crippen LogP) is 0.485. The van der Waals surface area contributed by atoms with E-state index in [0.29, 0.717) is 12.1 Å². The highest BCUT2D eigenvalue weighted by Gasteiger charge is 2.62. The van der Waals surface area contributed by atoms with Crippen LogP contribution in [0.1, 0.15) is 19.4 Å². The summed E-state index contributed by atoms with van der Waals surface area (Å²) in [4.78, 5) is 49.9. The second kappa shape index (κ2) is 5.74. The van der Waals surface area contributed by atoms with E-state index in [-0.39, 0.29) is 18.2 Å². The number of barbiturate groups is 1. The number of fused-ring (bicyclic) bond motifs is 4. The number of hydrogen-bond acceptors (Lipinski definition) is 7. The number of urea groups is 1. The van der Waals surface area contributed by atoms with Crippen LogP contribution in [0, 0.1) is 15.5 Å². The molecular weight excluding hydrogens is 356 g/mol. The molecular formula is C17H18N4O6. The summed E-state index contributed by atoms with van der Waals surface area (Å²) in [5, 5.41) is 15.5. The molecule has 4 rings (SSSR count). The normalized spacial score (nSPS) is 28.9. The van der Waals surface area contributed by atoms with Crippen LogP contribution in [0.2, 0.25) is 0 Å². The van der Waals surface area contributed by atoms with E-state index in [1.807, 2.05) is 11.8 Å². The second-order valence-corrected chi connectivity index (χ2v) is 7.20. The number of carbonyl (C=O) groups excluding carboxylic acids is 3. The van der Waals surface area contributed by atoms with Crippen LogP contribution in [0.3, 0.4) is 0 Å². The fraction of sp³-hybridized carbons (Fsp3) is 0.471. The molecule has 10 nitrogen and oxygen atoms in total. The topological polar surface area (TPSA) is 131 Å². The first kappa shape index (κ1) is 17.4. The fourth-order valence-corrected chi connectivity index (χ4v) is 4.55. The molecule has 0 aromatic heterocycles. The summed E-state index contributed by atoms with van der Waals surface area (Å²) in [5.74, 6) is -1.43. The number of benzene rings is 1. The third kappa shape index (κ3) is 2.40. The lowest BCUT2D eigenvalue weighted by Gasteiger charge is -2.55. The molecule has 10 heteroatoms. The van der Waals surface area contributed by atoms with Crippen molar-refractivity contribution in [3.05, 3.63) is 33.9 Å². The number of hydrogen-bond donors (Lipinski definition) is 2. The van der Waals surface area contributed by atoms with Gasteiger partial charge >= 0.3 is 6.03 Å². The molecule has 0 aliphatic carbocycles. The van der Waals surface area contributed by atoms with E-state index in [1.165, 1.54) is 12.1 Å². The number of anilines is 1. The van der Waals surface area contributed by atoms with Gasteiger partial charge in [-0.25, -0.2) is 4.79 Å². The summed E-state index contributed by atoms with van der Waals surface area (Å²) in [7, 11) is 0. The lowest BCUT2D eigenvalue weighted by atomic mass is 9.66. The van der Waals surface area contributed by atoms with E-state index >= 15 is 0 Å². The number of nitrogens with one attached hydrogen (secondary N) is 2. The predicted molar refractivity (Wildman–Crippen MR) is 92.1 cm³/mol. The number of morpholine rings is 1. The Balaban J connectivity index is 1.92. The number of ether oxygens (including phenoxy) is 1. The van der Waals surface area contributed by atoms with Crippen LogP contribution in [0.15, 0.2) is 18.2 Å². The molecule has 4 amide bonds. The smallest absolute Gasteiger partial charge is 0.328 e. The zero-order valence-corrected chi connectivity index (χ0v) is 14.7. The SMILES string of the molecule is CC1CN2c3ccc([N+](=O)[O-])cc3CC3(C(=O)NC(=O)NC3=O)[C@H]2C(C)O1. The van der Waals surface area contributed by atoms with Crippen molar-refractivity contribution in [3.8, 4) is 0 Å². The molecule has 142 valence electrons. The molecule has 0 radical (unpaired) electrons. The molecule has 3 aliphatic heterocycles. The molecule has 0 saturated carbocycles. The highest BCUT2D eigenvalue weighted by Crippen LogP contribution is 2.47. The minimum atomic E-state index is -1.62. The molecule has 2 N–H and O–H groups in total. The monoisotopic (exact) mass is 374 g/mol. The molecule has 2 saturated heterocycles. The Morgan fingerprint density at radius 1 is 1.22 bits per heavy atom. The Bertz CT molecular complexity index is 864. The van der Waals surface area contributed by atoms with Gasteiger partial charge in [0, 0.05) is 30.8 Å². The van der Waals surface area contributed by atoms with Gasteiger partial charge in [-0.1, -0.05) is 0 Å². The maximum absolute atomic E-state index is 12.9. The van der Waals surface area contributed by atoms with Gasteiger partial charge in [-0.05, 0) is 25.5 Å². The summed E-state index contributed by atoms with van der Waals surface area (Å²) >= 11 is 0. The number of rotatable bonds is 1. The Hall–Kier alpha value is -3.01. The van der Waals surface area contributed by atoms with Crippen molar-refractivity contribution in [2.75, 3.05) is 11.4 Å². The van der Waals surface area contributed by atoms with Crippen LogP contribution in [-0.4, -0.2) is 47.6 Å². The molecule has 3 atom stereocenters. The quantitative estimate of drug-likeness (QED) is 0.415. The van der Waals surface area contributed by atoms with Crippen molar-refractivity contribution in [2.24, 2.45) is 5.41 Å². The van der Waals surface area contributed by atoms with Gasteiger partial charge in [-0.2, -0.15) is 0 Å². The van der Waals surface area contributed by atoms with E-state index in [9.17, 15) is 24.5 Å². The molecule has 0 bridgehead atoms. The molecule has 2 fully saturated rings. The number of nitro benzene ring substituents is 1. The lowest BCUT2D eigenvalue weighted by Crippen LogP contribution is -2.75. The number of nitro groups is 1. The second-order valence-electron chi connectivity index (χ2n) is 7.20. The van der Waals surface area contributed by atoms with Crippen molar-refractivity contribution in [1.82, 2.24) is 10.6 Å². The van der Waals surface area contributed by atoms with E-state index in [0.717, 1.165) is 5.69 Å². The van der Waals surface area contributed by atoms with E-state index < -0.39 is 40.3 Å².